The molecule has 0 aliphatic carbocycles. The Labute approximate surface area is 152 Å². The minimum absolute atomic E-state index is 0.0839. The lowest BCUT2D eigenvalue weighted by molar-refractivity contribution is -0.138. The molecule has 0 spiro atoms. The van der Waals surface area contributed by atoms with Crippen molar-refractivity contribution in [3.8, 4) is 5.69 Å². The number of nitrogens with zero attached hydrogens (tertiary/aromatic N) is 3. The van der Waals surface area contributed by atoms with Crippen LogP contribution < -0.4 is 10.6 Å². The molecule has 2 aromatic rings. The molecule has 8 nitrogen and oxygen atoms in total. The van der Waals surface area contributed by atoms with Gasteiger partial charge >= 0.3 is 12.0 Å². The molecule has 2 heterocycles. The highest BCUT2D eigenvalue weighted by Gasteiger charge is 2.24. The van der Waals surface area contributed by atoms with Gasteiger partial charge in [-0.15, -0.1) is 10.2 Å². The average molecular weight is 377 g/mol. The third kappa shape index (κ3) is 3.85. The second kappa shape index (κ2) is 8.00. The number of aromatic nitrogens is 3. The van der Waals surface area contributed by atoms with Crippen LogP contribution in [0.25, 0.3) is 5.69 Å². The van der Waals surface area contributed by atoms with E-state index in [0.29, 0.717) is 22.1 Å². The number of amides is 2. The first-order valence-corrected chi connectivity index (χ1v) is 8.80. The number of para-hydroxylation sites is 1. The van der Waals surface area contributed by atoms with Gasteiger partial charge in [-0.05, 0) is 19.1 Å². The fourth-order valence-electron chi connectivity index (χ4n) is 2.34. The summed E-state index contributed by atoms with van der Waals surface area (Å²) in [4.78, 5) is 23.6. The topological polar surface area (TPSA) is 98.1 Å². The Bertz CT molecular complexity index is 867. The Hall–Kier alpha value is -2.88. The SMILES string of the molecule is CCOC(=O)C1=C(CSc2nncn2-c2ccccc2F)NC(=O)NC1. The van der Waals surface area contributed by atoms with Gasteiger partial charge in [0.15, 0.2) is 5.16 Å². The molecule has 0 saturated carbocycles. The maximum Gasteiger partial charge on any atom is 0.337 e. The van der Waals surface area contributed by atoms with E-state index in [4.69, 9.17) is 4.74 Å². The normalized spacial score (nSPS) is 14.0. The second-order valence-electron chi connectivity index (χ2n) is 5.21. The maximum atomic E-state index is 14.0. The van der Waals surface area contributed by atoms with Crippen LogP contribution in [-0.4, -0.2) is 45.7 Å². The fraction of sp³-hybridized carbons (Fsp3) is 0.250. The van der Waals surface area contributed by atoms with Crippen molar-refractivity contribution < 1.29 is 18.7 Å². The Morgan fingerprint density at radius 3 is 3.00 bits per heavy atom. The van der Waals surface area contributed by atoms with Crippen molar-refractivity contribution in [3.05, 3.63) is 47.7 Å². The van der Waals surface area contributed by atoms with Crippen LogP contribution in [0.2, 0.25) is 0 Å². The number of hydrogen-bond acceptors (Lipinski definition) is 6. The first-order valence-electron chi connectivity index (χ1n) is 7.82. The van der Waals surface area contributed by atoms with Crippen molar-refractivity contribution in [1.82, 2.24) is 25.4 Å². The molecule has 3 rings (SSSR count). The summed E-state index contributed by atoms with van der Waals surface area (Å²) in [5, 5.41) is 13.4. The predicted molar refractivity (Wildman–Crippen MR) is 92.2 cm³/mol. The molecule has 26 heavy (non-hydrogen) atoms. The smallest absolute Gasteiger partial charge is 0.337 e. The third-order valence-corrected chi connectivity index (χ3v) is 4.52. The molecule has 1 aromatic carbocycles. The minimum atomic E-state index is -0.494. The Morgan fingerprint density at radius 2 is 2.23 bits per heavy atom. The fourth-order valence-corrected chi connectivity index (χ4v) is 3.25. The van der Waals surface area contributed by atoms with Crippen LogP contribution in [-0.2, 0) is 9.53 Å². The van der Waals surface area contributed by atoms with Gasteiger partial charge in [0.1, 0.15) is 12.1 Å². The molecule has 2 N–H and O–H groups in total. The monoisotopic (exact) mass is 377 g/mol. The number of thioether (sulfide) groups is 1. The summed E-state index contributed by atoms with van der Waals surface area (Å²) < 4.78 is 20.5. The first kappa shape index (κ1) is 17.9. The van der Waals surface area contributed by atoms with E-state index in [1.54, 1.807) is 25.1 Å². The van der Waals surface area contributed by atoms with Crippen LogP contribution in [0, 0.1) is 5.82 Å². The third-order valence-electron chi connectivity index (χ3n) is 3.55. The van der Waals surface area contributed by atoms with Gasteiger partial charge in [0.05, 0.1) is 24.4 Å². The molecule has 0 unspecified atom stereocenters. The summed E-state index contributed by atoms with van der Waals surface area (Å²) in [7, 11) is 0. The lowest BCUT2D eigenvalue weighted by Gasteiger charge is -2.21. The average Bonchev–Trinajstić information content (AvgIpc) is 3.09. The van der Waals surface area contributed by atoms with Gasteiger partial charge in [0.25, 0.3) is 0 Å². The molecule has 1 aromatic heterocycles. The van der Waals surface area contributed by atoms with Crippen LogP contribution in [0.4, 0.5) is 9.18 Å². The van der Waals surface area contributed by atoms with E-state index in [1.807, 2.05) is 0 Å². The van der Waals surface area contributed by atoms with E-state index in [1.165, 1.54) is 28.7 Å². The summed E-state index contributed by atoms with van der Waals surface area (Å²) in [5.41, 5.74) is 1.09. The zero-order valence-electron chi connectivity index (χ0n) is 13.9. The van der Waals surface area contributed by atoms with Gasteiger partial charge in [-0.2, -0.15) is 0 Å². The van der Waals surface area contributed by atoms with Gasteiger partial charge in [0, 0.05) is 11.4 Å². The number of halogens is 1. The first-order chi connectivity index (χ1) is 12.6. The summed E-state index contributed by atoms with van der Waals surface area (Å²) >= 11 is 1.22. The van der Waals surface area contributed by atoms with Gasteiger partial charge in [-0.25, -0.2) is 14.0 Å². The number of benzene rings is 1. The van der Waals surface area contributed by atoms with Gasteiger partial charge < -0.3 is 15.4 Å². The number of hydrogen-bond donors (Lipinski definition) is 2. The molecular formula is C16H16FN5O3S. The molecular weight excluding hydrogens is 361 g/mol. The molecule has 2 amide bonds. The highest BCUT2D eigenvalue weighted by molar-refractivity contribution is 7.99. The summed E-state index contributed by atoms with van der Waals surface area (Å²) in [6, 6.07) is 5.86. The standard InChI is InChI=1S/C16H16FN5O3S/c1-2-25-14(23)10-7-18-15(24)20-12(10)8-26-16-21-19-9-22(16)13-6-4-3-5-11(13)17/h3-6,9H,2,7-8H2,1H3,(H2,18,20,24). The van der Waals surface area contributed by atoms with E-state index in [-0.39, 0.29) is 18.9 Å². The predicted octanol–water partition coefficient (Wildman–Crippen LogP) is 1.63. The Kier molecular flexibility index (Phi) is 5.52. The zero-order chi connectivity index (χ0) is 18.5. The molecule has 0 atom stereocenters. The van der Waals surface area contributed by atoms with Crippen LogP contribution in [0.1, 0.15) is 6.92 Å². The van der Waals surface area contributed by atoms with Crippen molar-refractivity contribution in [2.24, 2.45) is 0 Å². The molecule has 0 bridgehead atoms. The number of urea groups is 1. The van der Waals surface area contributed by atoms with Gasteiger partial charge in [-0.3, -0.25) is 4.57 Å². The Morgan fingerprint density at radius 1 is 1.42 bits per heavy atom. The van der Waals surface area contributed by atoms with Crippen molar-refractivity contribution in [1.29, 1.82) is 0 Å². The lowest BCUT2D eigenvalue weighted by atomic mass is 10.2. The molecule has 0 saturated heterocycles. The minimum Gasteiger partial charge on any atom is -0.463 e. The molecule has 0 radical (unpaired) electrons. The van der Waals surface area contributed by atoms with Crippen LogP contribution in [0.5, 0.6) is 0 Å². The second-order valence-corrected chi connectivity index (χ2v) is 6.15. The van der Waals surface area contributed by atoms with Crippen LogP contribution in [0.3, 0.4) is 0 Å². The zero-order valence-corrected chi connectivity index (χ0v) is 14.7. The molecule has 10 heteroatoms. The van der Waals surface area contributed by atoms with Gasteiger partial charge in [-0.1, -0.05) is 23.9 Å². The number of nitrogens with one attached hydrogen (secondary N) is 2. The number of esters is 1. The van der Waals surface area contributed by atoms with E-state index in [9.17, 15) is 14.0 Å². The Balaban J connectivity index is 1.82. The van der Waals surface area contributed by atoms with E-state index >= 15 is 0 Å². The van der Waals surface area contributed by atoms with E-state index < -0.39 is 17.8 Å². The number of carbonyl (C=O) groups excluding carboxylic acids is 2. The number of ether oxygens (including phenoxy) is 1. The number of rotatable bonds is 6. The molecule has 1 aliphatic rings. The van der Waals surface area contributed by atoms with Crippen molar-refractivity contribution in [2.75, 3.05) is 18.9 Å². The lowest BCUT2D eigenvalue weighted by Crippen LogP contribution is -2.44. The largest absolute Gasteiger partial charge is 0.463 e. The maximum absolute atomic E-state index is 14.0. The van der Waals surface area contributed by atoms with Crippen LogP contribution >= 0.6 is 11.8 Å². The highest BCUT2D eigenvalue weighted by atomic mass is 32.2. The van der Waals surface area contributed by atoms with Crippen LogP contribution in [0.15, 0.2) is 47.0 Å². The van der Waals surface area contributed by atoms with Gasteiger partial charge in [0.2, 0.25) is 0 Å². The molecule has 136 valence electrons. The van der Waals surface area contributed by atoms with Crippen molar-refractivity contribution in [2.45, 2.75) is 12.1 Å². The van der Waals surface area contributed by atoms with E-state index in [2.05, 4.69) is 20.8 Å². The van der Waals surface area contributed by atoms with E-state index in [0.717, 1.165) is 0 Å². The highest BCUT2D eigenvalue weighted by Crippen LogP contribution is 2.24. The summed E-state index contributed by atoms with van der Waals surface area (Å²) in [6.07, 6.45) is 1.41. The van der Waals surface area contributed by atoms with Crippen molar-refractivity contribution in [3.63, 3.8) is 0 Å². The summed E-state index contributed by atoms with van der Waals surface area (Å²) in [5.74, 6) is -0.656. The van der Waals surface area contributed by atoms with Crippen molar-refractivity contribution >= 4 is 23.8 Å². The quantitative estimate of drug-likeness (QED) is 0.587. The molecule has 1 aliphatic heterocycles. The number of carbonyl (C=O) groups is 2. The molecule has 0 fully saturated rings. The summed E-state index contributed by atoms with van der Waals surface area (Å²) in [6.45, 7) is 2.03.